The van der Waals surface area contributed by atoms with Crippen molar-refractivity contribution in [1.82, 2.24) is 4.57 Å². The Morgan fingerprint density at radius 3 is 2.73 bits per heavy atom. The fourth-order valence-electron chi connectivity index (χ4n) is 2.06. The smallest absolute Gasteiger partial charge is 0.251 e. The fourth-order valence-corrected chi connectivity index (χ4v) is 2.06. The first-order valence-corrected chi connectivity index (χ1v) is 5.25. The Bertz CT molecular complexity index is 406. The molecular formula is C11H16N2O2. The van der Waals surface area contributed by atoms with Gasteiger partial charge in [0.2, 0.25) is 0 Å². The number of rotatable bonds is 1. The van der Waals surface area contributed by atoms with Gasteiger partial charge >= 0.3 is 0 Å². The molecule has 0 saturated carbocycles. The second kappa shape index (κ2) is 4.06. The normalized spacial score (nSPS) is 17.9. The molecule has 1 saturated heterocycles. The molecule has 1 aromatic heterocycles. The summed E-state index contributed by atoms with van der Waals surface area (Å²) >= 11 is 0. The number of hydrogen-bond donors (Lipinski definition) is 1. The second-order valence-corrected chi connectivity index (χ2v) is 3.93. The molecule has 0 aromatic carbocycles. The molecule has 1 aliphatic heterocycles. The monoisotopic (exact) mass is 208 g/mol. The summed E-state index contributed by atoms with van der Waals surface area (Å²) in [4.78, 5) is 11.8. The average Bonchev–Trinajstić information content (AvgIpc) is 2.26. The largest absolute Gasteiger partial charge is 0.397 e. The van der Waals surface area contributed by atoms with Crippen LogP contribution in [0.25, 0.3) is 0 Å². The van der Waals surface area contributed by atoms with E-state index >= 15 is 0 Å². The van der Waals surface area contributed by atoms with E-state index in [9.17, 15) is 4.79 Å². The summed E-state index contributed by atoms with van der Waals surface area (Å²) in [6.07, 6.45) is 1.79. The summed E-state index contributed by atoms with van der Waals surface area (Å²) in [5.41, 5.74) is 7.39. The molecule has 2 rings (SSSR count). The van der Waals surface area contributed by atoms with E-state index in [4.69, 9.17) is 10.5 Å². The first kappa shape index (κ1) is 10.2. The lowest BCUT2D eigenvalue weighted by atomic mass is 10.1. The lowest BCUT2D eigenvalue weighted by Gasteiger charge is -2.26. The highest BCUT2D eigenvalue weighted by Gasteiger charge is 2.18. The van der Waals surface area contributed by atoms with Gasteiger partial charge < -0.3 is 15.0 Å². The second-order valence-electron chi connectivity index (χ2n) is 3.93. The molecule has 0 amide bonds. The van der Waals surface area contributed by atoms with Crippen LogP contribution in [0.15, 0.2) is 16.9 Å². The van der Waals surface area contributed by atoms with Crippen LogP contribution in [-0.2, 0) is 4.74 Å². The average molecular weight is 208 g/mol. The highest BCUT2D eigenvalue weighted by atomic mass is 16.5. The van der Waals surface area contributed by atoms with E-state index < -0.39 is 0 Å². The van der Waals surface area contributed by atoms with Crippen LogP contribution < -0.4 is 11.3 Å². The summed E-state index contributed by atoms with van der Waals surface area (Å²) in [6, 6.07) is 3.46. The molecule has 0 radical (unpaired) electrons. The van der Waals surface area contributed by atoms with Gasteiger partial charge in [-0.25, -0.2) is 0 Å². The molecule has 1 aromatic rings. The van der Waals surface area contributed by atoms with E-state index in [0.29, 0.717) is 5.69 Å². The zero-order chi connectivity index (χ0) is 10.8. The molecule has 0 unspecified atom stereocenters. The Hall–Kier alpha value is -1.29. The SMILES string of the molecule is Cc1c(N)ccc(=O)n1C1CCOCC1. The van der Waals surface area contributed by atoms with Gasteiger partial charge in [0.1, 0.15) is 0 Å². The molecule has 4 nitrogen and oxygen atoms in total. The minimum atomic E-state index is 0.0357. The number of pyridine rings is 1. The molecule has 0 atom stereocenters. The van der Waals surface area contributed by atoms with Crippen molar-refractivity contribution in [3.63, 3.8) is 0 Å². The molecule has 2 heterocycles. The first-order chi connectivity index (χ1) is 7.20. The Kier molecular flexibility index (Phi) is 2.77. The molecule has 1 aliphatic rings. The van der Waals surface area contributed by atoms with Crippen LogP contribution in [0.2, 0.25) is 0 Å². The van der Waals surface area contributed by atoms with E-state index in [0.717, 1.165) is 31.7 Å². The van der Waals surface area contributed by atoms with E-state index in [1.165, 1.54) is 6.07 Å². The van der Waals surface area contributed by atoms with Crippen molar-refractivity contribution in [2.24, 2.45) is 0 Å². The number of nitrogens with two attached hydrogens (primary N) is 1. The predicted molar refractivity (Wildman–Crippen MR) is 58.9 cm³/mol. The maximum atomic E-state index is 11.8. The molecule has 0 aliphatic carbocycles. The standard InChI is InChI=1S/C11H16N2O2/c1-8-10(12)2-3-11(14)13(8)9-4-6-15-7-5-9/h2-3,9H,4-7,12H2,1H3. The van der Waals surface area contributed by atoms with Crippen molar-refractivity contribution < 1.29 is 4.74 Å². The quantitative estimate of drug-likeness (QED) is 0.751. The van der Waals surface area contributed by atoms with E-state index in [2.05, 4.69) is 0 Å². The first-order valence-electron chi connectivity index (χ1n) is 5.25. The minimum Gasteiger partial charge on any atom is -0.397 e. The van der Waals surface area contributed by atoms with Crippen molar-refractivity contribution in [2.75, 3.05) is 18.9 Å². The van der Waals surface area contributed by atoms with Crippen LogP contribution in [0.3, 0.4) is 0 Å². The van der Waals surface area contributed by atoms with Crippen LogP contribution in [0.4, 0.5) is 5.69 Å². The van der Waals surface area contributed by atoms with Gasteiger partial charge in [0.05, 0.1) is 5.69 Å². The third-order valence-electron chi connectivity index (χ3n) is 2.98. The van der Waals surface area contributed by atoms with Crippen LogP contribution >= 0.6 is 0 Å². The highest BCUT2D eigenvalue weighted by Crippen LogP contribution is 2.22. The van der Waals surface area contributed by atoms with Gasteiger partial charge in [-0.05, 0) is 25.8 Å². The van der Waals surface area contributed by atoms with Crippen molar-refractivity contribution in [3.8, 4) is 0 Å². The molecule has 15 heavy (non-hydrogen) atoms. The van der Waals surface area contributed by atoms with Crippen LogP contribution in [0.5, 0.6) is 0 Å². The van der Waals surface area contributed by atoms with Gasteiger partial charge in [-0.3, -0.25) is 4.79 Å². The number of aromatic nitrogens is 1. The van der Waals surface area contributed by atoms with Gasteiger partial charge in [-0.1, -0.05) is 0 Å². The van der Waals surface area contributed by atoms with E-state index in [-0.39, 0.29) is 11.6 Å². The van der Waals surface area contributed by atoms with Gasteiger partial charge in [-0.15, -0.1) is 0 Å². The summed E-state index contributed by atoms with van der Waals surface area (Å²) in [5, 5.41) is 0. The number of anilines is 1. The molecular weight excluding hydrogens is 192 g/mol. The molecule has 0 bridgehead atoms. The summed E-state index contributed by atoms with van der Waals surface area (Å²) < 4.78 is 7.09. The van der Waals surface area contributed by atoms with Crippen molar-refractivity contribution >= 4 is 5.69 Å². The van der Waals surface area contributed by atoms with Crippen LogP contribution in [0.1, 0.15) is 24.6 Å². The Morgan fingerprint density at radius 2 is 2.07 bits per heavy atom. The number of hydrogen-bond acceptors (Lipinski definition) is 3. The summed E-state index contributed by atoms with van der Waals surface area (Å²) in [5.74, 6) is 0. The van der Waals surface area contributed by atoms with Gasteiger partial charge in [0, 0.05) is 31.0 Å². The van der Waals surface area contributed by atoms with Gasteiger partial charge in [0.15, 0.2) is 0 Å². The molecule has 4 heteroatoms. The maximum absolute atomic E-state index is 11.8. The van der Waals surface area contributed by atoms with Crippen LogP contribution in [0, 0.1) is 6.92 Å². The third-order valence-corrected chi connectivity index (χ3v) is 2.98. The third kappa shape index (κ3) is 1.90. The van der Waals surface area contributed by atoms with Crippen LogP contribution in [-0.4, -0.2) is 17.8 Å². The number of nitrogen functional groups attached to an aromatic ring is 1. The van der Waals surface area contributed by atoms with Crippen molar-refractivity contribution in [1.29, 1.82) is 0 Å². The molecule has 2 N–H and O–H groups in total. The highest BCUT2D eigenvalue weighted by molar-refractivity contribution is 5.42. The Morgan fingerprint density at radius 1 is 1.40 bits per heavy atom. The van der Waals surface area contributed by atoms with E-state index in [1.807, 2.05) is 6.92 Å². The Balaban J connectivity index is 2.41. The maximum Gasteiger partial charge on any atom is 0.251 e. The topological polar surface area (TPSA) is 57.2 Å². The van der Waals surface area contributed by atoms with Crippen molar-refractivity contribution in [3.05, 3.63) is 28.2 Å². The Labute approximate surface area is 88.7 Å². The number of ether oxygens (including phenoxy) is 1. The lowest BCUT2D eigenvalue weighted by Crippen LogP contribution is -2.30. The minimum absolute atomic E-state index is 0.0357. The summed E-state index contributed by atoms with van der Waals surface area (Å²) in [6.45, 7) is 3.35. The molecule has 82 valence electrons. The van der Waals surface area contributed by atoms with Crippen molar-refractivity contribution in [2.45, 2.75) is 25.8 Å². The zero-order valence-corrected chi connectivity index (χ0v) is 8.90. The van der Waals surface area contributed by atoms with E-state index in [1.54, 1.807) is 10.6 Å². The predicted octanol–water partition coefficient (Wildman–Crippen LogP) is 1.09. The molecule has 0 spiro atoms. The number of nitrogens with zero attached hydrogens (tertiary/aromatic N) is 1. The van der Waals surface area contributed by atoms with Gasteiger partial charge in [0.25, 0.3) is 5.56 Å². The summed E-state index contributed by atoms with van der Waals surface area (Å²) in [7, 11) is 0. The lowest BCUT2D eigenvalue weighted by molar-refractivity contribution is 0.0682. The zero-order valence-electron chi connectivity index (χ0n) is 8.90. The van der Waals surface area contributed by atoms with Gasteiger partial charge in [-0.2, -0.15) is 0 Å². The molecule has 1 fully saturated rings. The fraction of sp³-hybridized carbons (Fsp3) is 0.545.